The van der Waals surface area contributed by atoms with Crippen LogP contribution in [0, 0.1) is 10.1 Å². The van der Waals surface area contributed by atoms with Gasteiger partial charge in [0.1, 0.15) is 6.33 Å². The van der Waals surface area contributed by atoms with Gasteiger partial charge < -0.3 is 5.32 Å². The molecular weight excluding hydrogens is 324 g/mol. The molecule has 0 aliphatic heterocycles. The number of nitrogens with zero attached hydrogens (tertiary/aromatic N) is 3. The van der Waals surface area contributed by atoms with Gasteiger partial charge in [-0.2, -0.15) is 0 Å². The standard InChI is InChI=1S/C17H12N4O4/c22-16(12-4-2-1-3-5-12)14-10-13(21(24)25)6-7-15(14)19-17(23)20-9-8-18-11-20/h1-11H,(H,19,23). The van der Waals surface area contributed by atoms with E-state index in [1.807, 2.05) is 0 Å². The fraction of sp³-hybridized carbons (Fsp3) is 0. The second-order valence-corrected chi connectivity index (χ2v) is 5.08. The number of nitro benzene ring substituents is 1. The van der Waals surface area contributed by atoms with Crippen molar-refractivity contribution in [1.82, 2.24) is 9.55 Å². The lowest BCUT2D eigenvalue weighted by atomic mass is 10.0. The van der Waals surface area contributed by atoms with Crippen molar-refractivity contribution >= 4 is 23.2 Å². The minimum Gasteiger partial charge on any atom is -0.306 e. The molecule has 1 amide bonds. The molecule has 3 rings (SSSR count). The number of nitro groups is 1. The van der Waals surface area contributed by atoms with Crippen molar-refractivity contribution in [3.63, 3.8) is 0 Å². The van der Waals surface area contributed by atoms with Gasteiger partial charge in [0.2, 0.25) is 0 Å². The second kappa shape index (κ2) is 6.75. The number of ketones is 1. The monoisotopic (exact) mass is 336 g/mol. The van der Waals surface area contributed by atoms with E-state index in [-0.39, 0.29) is 16.9 Å². The van der Waals surface area contributed by atoms with Gasteiger partial charge >= 0.3 is 6.03 Å². The Hall–Kier alpha value is -3.81. The summed E-state index contributed by atoms with van der Waals surface area (Å²) in [4.78, 5) is 39.1. The lowest BCUT2D eigenvalue weighted by Gasteiger charge is -2.10. The minimum absolute atomic E-state index is 0.0360. The van der Waals surface area contributed by atoms with Crippen molar-refractivity contribution < 1.29 is 14.5 Å². The van der Waals surface area contributed by atoms with E-state index in [0.717, 1.165) is 6.07 Å². The third-order valence-corrected chi connectivity index (χ3v) is 3.48. The van der Waals surface area contributed by atoms with Gasteiger partial charge in [-0.1, -0.05) is 30.3 Å². The maximum Gasteiger partial charge on any atom is 0.331 e. The Morgan fingerprint density at radius 2 is 1.88 bits per heavy atom. The number of non-ortho nitro benzene ring substituents is 1. The van der Waals surface area contributed by atoms with Crippen LogP contribution in [0.2, 0.25) is 0 Å². The first kappa shape index (κ1) is 16.1. The smallest absolute Gasteiger partial charge is 0.306 e. The van der Waals surface area contributed by atoms with E-state index in [0.29, 0.717) is 5.56 Å². The summed E-state index contributed by atoms with van der Waals surface area (Å²) >= 11 is 0. The molecule has 0 saturated heterocycles. The van der Waals surface area contributed by atoms with E-state index >= 15 is 0 Å². The molecule has 0 spiro atoms. The third kappa shape index (κ3) is 3.42. The number of imidazole rings is 1. The zero-order valence-electron chi connectivity index (χ0n) is 12.8. The van der Waals surface area contributed by atoms with Gasteiger partial charge in [0.15, 0.2) is 5.78 Å². The number of aromatic nitrogens is 2. The molecule has 0 fully saturated rings. The molecule has 25 heavy (non-hydrogen) atoms. The summed E-state index contributed by atoms with van der Waals surface area (Å²) in [7, 11) is 0. The van der Waals surface area contributed by atoms with Gasteiger partial charge in [0.25, 0.3) is 5.69 Å². The lowest BCUT2D eigenvalue weighted by molar-refractivity contribution is -0.384. The Kier molecular flexibility index (Phi) is 4.34. The average molecular weight is 336 g/mol. The predicted octanol–water partition coefficient (Wildman–Crippen LogP) is 3.10. The largest absolute Gasteiger partial charge is 0.331 e. The number of hydrogen-bond donors (Lipinski definition) is 1. The summed E-state index contributed by atoms with van der Waals surface area (Å²) in [5.74, 6) is -0.426. The number of carbonyl (C=O) groups is 2. The first-order chi connectivity index (χ1) is 12.1. The molecule has 0 aliphatic carbocycles. The van der Waals surface area contributed by atoms with Crippen molar-refractivity contribution in [2.75, 3.05) is 5.32 Å². The summed E-state index contributed by atoms with van der Waals surface area (Å²) in [5, 5.41) is 13.6. The van der Waals surface area contributed by atoms with E-state index in [1.165, 1.54) is 35.4 Å². The van der Waals surface area contributed by atoms with E-state index in [2.05, 4.69) is 10.3 Å². The van der Waals surface area contributed by atoms with Crippen molar-refractivity contribution in [2.24, 2.45) is 0 Å². The molecule has 0 aliphatic rings. The van der Waals surface area contributed by atoms with E-state index in [1.54, 1.807) is 30.3 Å². The van der Waals surface area contributed by atoms with Gasteiger partial charge in [0, 0.05) is 30.1 Å². The van der Waals surface area contributed by atoms with Gasteiger partial charge in [-0.3, -0.25) is 19.5 Å². The molecule has 0 bridgehead atoms. The second-order valence-electron chi connectivity index (χ2n) is 5.08. The topological polar surface area (TPSA) is 107 Å². The van der Waals surface area contributed by atoms with Crippen LogP contribution in [0.3, 0.4) is 0 Å². The Labute approximate surface area is 141 Å². The molecule has 3 aromatic rings. The maximum absolute atomic E-state index is 12.7. The SMILES string of the molecule is O=C(c1ccccc1)c1cc([N+](=O)[O-])ccc1NC(=O)n1ccnc1. The number of rotatable bonds is 4. The van der Waals surface area contributed by atoms with Gasteiger partial charge in [-0.15, -0.1) is 0 Å². The molecular formula is C17H12N4O4. The van der Waals surface area contributed by atoms with Crippen LogP contribution in [0.5, 0.6) is 0 Å². The molecule has 1 heterocycles. The van der Waals surface area contributed by atoms with E-state index in [4.69, 9.17) is 0 Å². The fourth-order valence-electron chi connectivity index (χ4n) is 2.25. The Balaban J connectivity index is 2.01. The quantitative estimate of drug-likeness (QED) is 0.447. The van der Waals surface area contributed by atoms with Crippen LogP contribution in [-0.2, 0) is 0 Å². The molecule has 1 N–H and O–H groups in total. The zero-order chi connectivity index (χ0) is 17.8. The maximum atomic E-state index is 12.7. The highest BCUT2D eigenvalue weighted by Crippen LogP contribution is 2.25. The molecule has 8 nitrogen and oxygen atoms in total. The van der Waals surface area contributed by atoms with Crippen molar-refractivity contribution in [3.05, 3.63) is 88.5 Å². The van der Waals surface area contributed by atoms with E-state index in [9.17, 15) is 19.7 Å². The number of amides is 1. The summed E-state index contributed by atoms with van der Waals surface area (Å²) in [6.45, 7) is 0. The first-order valence-corrected chi connectivity index (χ1v) is 7.24. The molecule has 0 unspecified atom stereocenters. The Morgan fingerprint density at radius 1 is 1.12 bits per heavy atom. The molecule has 8 heteroatoms. The molecule has 2 aromatic carbocycles. The summed E-state index contributed by atoms with van der Waals surface area (Å²) in [5.41, 5.74) is 0.341. The molecule has 0 atom stereocenters. The number of benzene rings is 2. The zero-order valence-corrected chi connectivity index (χ0v) is 12.8. The van der Waals surface area contributed by atoms with Crippen LogP contribution >= 0.6 is 0 Å². The minimum atomic E-state index is -0.594. The van der Waals surface area contributed by atoms with Crippen LogP contribution < -0.4 is 5.32 Å². The predicted molar refractivity (Wildman–Crippen MR) is 89.6 cm³/mol. The number of carbonyl (C=O) groups excluding carboxylic acids is 2. The first-order valence-electron chi connectivity index (χ1n) is 7.24. The fourth-order valence-corrected chi connectivity index (χ4v) is 2.25. The highest BCUT2D eigenvalue weighted by atomic mass is 16.6. The van der Waals surface area contributed by atoms with Crippen LogP contribution in [0.1, 0.15) is 15.9 Å². The number of hydrogen-bond acceptors (Lipinski definition) is 5. The molecule has 124 valence electrons. The summed E-state index contributed by atoms with van der Waals surface area (Å²) < 4.78 is 1.19. The van der Waals surface area contributed by atoms with Crippen LogP contribution in [0.25, 0.3) is 0 Å². The normalized spacial score (nSPS) is 10.2. The number of anilines is 1. The van der Waals surface area contributed by atoms with Crippen molar-refractivity contribution in [1.29, 1.82) is 0 Å². The van der Waals surface area contributed by atoms with Crippen LogP contribution in [0.4, 0.5) is 16.2 Å². The Morgan fingerprint density at radius 3 is 2.52 bits per heavy atom. The third-order valence-electron chi connectivity index (χ3n) is 3.48. The van der Waals surface area contributed by atoms with Crippen molar-refractivity contribution in [2.45, 2.75) is 0 Å². The van der Waals surface area contributed by atoms with Gasteiger partial charge in [0.05, 0.1) is 16.2 Å². The highest BCUT2D eigenvalue weighted by molar-refractivity contribution is 6.14. The van der Waals surface area contributed by atoms with Crippen LogP contribution in [0.15, 0.2) is 67.3 Å². The van der Waals surface area contributed by atoms with E-state index < -0.39 is 16.7 Å². The average Bonchev–Trinajstić information content (AvgIpc) is 3.17. The van der Waals surface area contributed by atoms with Crippen molar-refractivity contribution in [3.8, 4) is 0 Å². The highest BCUT2D eigenvalue weighted by Gasteiger charge is 2.19. The number of nitrogens with one attached hydrogen (secondary N) is 1. The molecule has 0 radical (unpaired) electrons. The summed E-state index contributed by atoms with van der Waals surface area (Å²) in [6.07, 6.45) is 4.18. The molecule has 1 aromatic heterocycles. The lowest BCUT2D eigenvalue weighted by Crippen LogP contribution is -2.20. The van der Waals surface area contributed by atoms with Gasteiger partial charge in [-0.05, 0) is 6.07 Å². The van der Waals surface area contributed by atoms with Crippen LogP contribution in [-0.4, -0.2) is 26.3 Å². The summed E-state index contributed by atoms with van der Waals surface area (Å²) in [6, 6.07) is 11.5. The molecule has 0 saturated carbocycles. The Bertz CT molecular complexity index is 937. The van der Waals surface area contributed by atoms with Gasteiger partial charge in [-0.25, -0.2) is 9.78 Å².